The molecule has 15 heavy (non-hydrogen) atoms. The van der Waals surface area contributed by atoms with Gasteiger partial charge in [0.25, 0.3) is 0 Å². The second-order valence-corrected chi connectivity index (χ2v) is 4.28. The molecular weight excluding hydrogens is 210 g/mol. The van der Waals surface area contributed by atoms with E-state index in [-0.39, 0.29) is 6.04 Å². The zero-order valence-corrected chi connectivity index (χ0v) is 9.33. The second kappa shape index (κ2) is 4.65. The lowest BCUT2D eigenvalue weighted by atomic mass is 10.2. The molecule has 0 saturated carbocycles. The quantitative estimate of drug-likeness (QED) is 0.857. The van der Waals surface area contributed by atoms with Crippen molar-refractivity contribution in [1.82, 2.24) is 9.97 Å². The van der Waals surface area contributed by atoms with Crippen LogP contribution in [0.2, 0.25) is 0 Å². The van der Waals surface area contributed by atoms with Gasteiger partial charge in [-0.2, -0.15) is 0 Å². The zero-order valence-electron chi connectivity index (χ0n) is 8.51. The van der Waals surface area contributed by atoms with Gasteiger partial charge in [0.15, 0.2) is 0 Å². The molecule has 0 amide bonds. The topological polar surface area (TPSA) is 61.0 Å². The molecule has 0 aliphatic rings. The normalized spacial score (nSPS) is 13.2. The maximum Gasteiger partial charge on any atom is 0.143 e. The predicted molar refractivity (Wildman–Crippen MR) is 60.8 cm³/mol. The van der Waals surface area contributed by atoms with Crippen LogP contribution in [-0.4, -0.2) is 23.7 Å². The van der Waals surface area contributed by atoms with Crippen molar-refractivity contribution < 1.29 is 4.74 Å². The number of hydrogen-bond acceptors (Lipinski definition) is 5. The van der Waals surface area contributed by atoms with Gasteiger partial charge >= 0.3 is 0 Å². The molecule has 2 N–H and O–H groups in total. The summed E-state index contributed by atoms with van der Waals surface area (Å²) in [7, 11) is 1.67. The van der Waals surface area contributed by atoms with E-state index in [1.54, 1.807) is 24.6 Å². The summed E-state index contributed by atoms with van der Waals surface area (Å²) in [6.07, 6.45) is 2.56. The van der Waals surface area contributed by atoms with Crippen molar-refractivity contribution in [2.75, 3.05) is 13.7 Å². The first kappa shape index (κ1) is 10.5. The molecule has 0 aromatic carbocycles. The van der Waals surface area contributed by atoms with Crippen LogP contribution in [0.25, 0.3) is 10.3 Å². The maximum absolute atomic E-state index is 5.99. The number of thiazole rings is 1. The third kappa shape index (κ3) is 2.31. The number of ether oxygens (including phenoxy) is 1. The van der Waals surface area contributed by atoms with E-state index in [0.29, 0.717) is 6.61 Å². The highest BCUT2D eigenvalue weighted by atomic mass is 32.1. The first-order chi connectivity index (χ1) is 7.31. The van der Waals surface area contributed by atoms with Gasteiger partial charge in [-0.1, -0.05) is 11.3 Å². The van der Waals surface area contributed by atoms with Gasteiger partial charge in [-0.25, -0.2) is 9.97 Å². The van der Waals surface area contributed by atoms with Gasteiger partial charge in [0.1, 0.15) is 15.4 Å². The Morgan fingerprint density at radius 2 is 2.47 bits per heavy atom. The van der Waals surface area contributed by atoms with E-state index in [0.717, 1.165) is 21.8 Å². The Kier molecular flexibility index (Phi) is 3.25. The van der Waals surface area contributed by atoms with E-state index in [1.807, 2.05) is 12.1 Å². The first-order valence-electron chi connectivity index (χ1n) is 4.77. The summed E-state index contributed by atoms with van der Waals surface area (Å²) in [5.74, 6) is 0. The standard InChI is InChI=1S/C10H13N3OS/c1-14-6-4-7(11)9-13-8-3-2-5-12-10(8)15-9/h2-3,5,7H,4,6,11H2,1H3. The van der Waals surface area contributed by atoms with E-state index in [2.05, 4.69) is 9.97 Å². The predicted octanol–water partition coefficient (Wildman–Crippen LogP) is 1.73. The summed E-state index contributed by atoms with van der Waals surface area (Å²) in [5.41, 5.74) is 6.91. The van der Waals surface area contributed by atoms with Crippen LogP contribution in [0.3, 0.4) is 0 Å². The summed E-state index contributed by atoms with van der Waals surface area (Å²) < 4.78 is 4.99. The Balaban J connectivity index is 2.20. The Morgan fingerprint density at radius 1 is 1.60 bits per heavy atom. The van der Waals surface area contributed by atoms with Crippen molar-refractivity contribution in [3.05, 3.63) is 23.3 Å². The molecule has 1 atom stereocenters. The molecule has 1 unspecified atom stereocenters. The van der Waals surface area contributed by atoms with E-state index < -0.39 is 0 Å². The molecule has 0 aliphatic heterocycles. The van der Waals surface area contributed by atoms with Crippen LogP contribution in [0.4, 0.5) is 0 Å². The minimum absolute atomic E-state index is 0.0517. The highest BCUT2D eigenvalue weighted by Crippen LogP contribution is 2.24. The third-order valence-electron chi connectivity index (χ3n) is 2.13. The zero-order chi connectivity index (χ0) is 10.7. The molecule has 0 spiro atoms. The molecule has 0 fully saturated rings. The Bertz CT molecular complexity index is 410. The van der Waals surface area contributed by atoms with Crippen molar-refractivity contribution in [3.63, 3.8) is 0 Å². The number of methoxy groups -OCH3 is 1. The molecule has 5 heteroatoms. The van der Waals surface area contributed by atoms with Crippen LogP contribution in [-0.2, 0) is 4.74 Å². The monoisotopic (exact) mass is 223 g/mol. The van der Waals surface area contributed by atoms with Crippen molar-refractivity contribution in [3.8, 4) is 0 Å². The molecule has 2 aromatic rings. The summed E-state index contributed by atoms with van der Waals surface area (Å²) in [4.78, 5) is 9.62. The Morgan fingerprint density at radius 3 is 3.20 bits per heavy atom. The number of rotatable bonds is 4. The van der Waals surface area contributed by atoms with Crippen molar-refractivity contribution in [2.24, 2.45) is 5.73 Å². The SMILES string of the molecule is COCCC(N)c1nc2cccnc2s1. The molecule has 0 saturated heterocycles. The fraction of sp³-hybridized carbons (Fsp3) is 0.400. The van der Waals surface area contributed by atoms with Crippen LogP contribution < -0.4 is 5.73 Å². The van der Waals surface area contributed by atoms with Crippen LogP contribution in [0, 0.1) is 0 Å². The number of aromatic nitrogens is 2. The molecule has 2 rings (SSSR count). The maximum atomic E-state index is 5.99. The van der Waals surface area contributed by atoms with Crippen molar-refractivity contribution >= 4 is 21.7 Å². The average Bonchev–Trinajstić information content (AvgIpc) is 2.69. The van der Waals surface area contributed by atoms with E-state index >= 15 is 0 Å². The molecule has 0 radical (unpaired) electrons. The minimum atomic E-state index is -0.0517. The fourth-order valence-corrected chi connectivity index (χ4v) is 2.26. The summed E-state index contributed by atoms with van der Waals surface area (Å²) >= 11 is 1.55. The van der Waals surface area contributed by atoms with Gasteiger partial charge in [0.2, 0.25) is 0 Å². The van der Waals surface area contributed by atoms with Gasteiger partial charge < -0.3 is 10.5 Å². The number of nitrogens with zero attached hydrogens (tertiary/aromatic N) is 2. The molecule has 0 aliphatic carbocycles. The van der Waals surface area contributed by atoms with Crippen molar-refractivity contribution in [2.45, 2.75) is 12.5 Å². The lowest BCUT2D eigenvalue weighted by Gasteiger charge is -2.05. The molecule has 2 heterocycles. The third-order valence-corrected chi connectivity index (χ3v) is 3.24. The van der Waals surface area contributed by atoms with Gasteiger partial charge in [0.05, 0.1) is 6.04 Å². The number of fused-ring (bicyclic) bond motifs is 1. The molecule has 2 aromatic heterocycles. The van der Waals surface area contributed by atoms with Gasteiger partial charge in [-0.3, -0.25) is 0 Å². The number of hydrogen-bond donors (Lipinski definition) is 1. The fourth-order valence-electron chi connectivity index (χ4n) is 1.31. The summed E-state index contributed by atoms with van der Waals surface area (Å²) in [6, 6.07) is 3.78. The number of pyridine rings is 1. The second-order valence-electron chi connectivity index (χ2n) is 3.27. The van der Waals surface area contributed by atoms with Crippen LogP contribution in [0.5, 0.6) is 0 Å². The van der Waals surface area contributed by atoms with Gasteiger partial charge in [-0.15, -0.1) is 0 Å². The molecule has 80 valence electrons. The highest BCUT2D eigenvalue weighted by molar-refractivity contribution is 7.18. The lowest BCUT2D eigenvalue weighted by Crippen LogP contribution is -2.12. The largest absolute Gasteiger partial charge is 0.385 e. The van der Waals surface area contributed by atoms with E-state index in [1.165, 1.54) is 0 Å². The molecule has 4 nitrogen and oxygen atoms in total. The highest BCUT2D eigenvalue weighted by Gasteiger charge is 2.11. The Labute approximate surface area is 92.1 Å². The smallest absolute Gasteiger partial charge is 0.143 e. The molecule has 0 bridgehead atoms. The van der Waals surface area contributed by atoms with Crippen molar-refractivity contribution in [1.29, 1.82) is 0 Å². The lowest BCUT2D eigenvalue weighted by molar-refractivity contribution is 0.188. The average molecular weight is 223 g/mol. The summed E-state index contributed by atoms with van der Waals surface area (Å²) in [6.45, 7) is 0.657. The van der Waals surface area contributed by atoms with E-state index in [9.17, 15) is 0 Å². The van der Waals surface area contributed by atoms with Crippen LogP contribution in [0.15, 0.2) is 18.3 Å². The van der Waals surface area contributed by atoms with Crippen LogP contribution in [0.1, 0.15) is 17.5 Å². The summed E-state index contributed by atoms with van der Waals surface area (Å²) in [5, 5.41) is 0.931. The first-order valence-corrected chi connectivity index (χ1v) is 5.59. The number of nitrogens with two attached hydrogens (primary N) is 1. The minimum Gasteiger partial charge on any atom is -0.385 e. The van der Waals surface area contributed by atoms with Gasteiger partial charge in [-0.05, 0) is 18.6 Å². The van der Waals surface area contributed by atoms with Crippen LogP contribution >= 0.6 is 11.3 Å². The Hall–Kier alpha value is -1.04. The van der Waals surface area contributed by atoms with Gasteiger partial charge in [0, 0.05) is 19.9 Å². The molecular formula is C10H13N3OS. The van der Waals surface area contributed by atoms with E-state index in [4.69, 9.17) is 10.5 Å².